The van der Waals surface area contributed by atoms with E-state index in [1.807, 2.05) is 37.3 Å². The van der Waals surface area contributed by atoms with Crippen LogP contribution in [0.3, 0.4) is 0 Å². The number of aliphatic imine (C=N–C) groups is 2. The van der Waals surface area contributed by atoms with Crippen LogP contribution in [0.5, 0.6) is 0 Å². The SMILES string of the molecule is C=C/C(=N\C(C)=N/C)c1ccccc1. The highest BCUT2D eigenvalue weighted by Crippen LogP contribution is 2.02. The van der Waals surface area contributed by atoms with Crippen molar-refractivity contribution in [2.75, 3.05) is 7.05 Å². The minimum atomic E-state index is 0.753. The van der Waals surface area contributed by atoms with Gasteiger partial charge in [0, 0.05) is 12.6 Å². The van der Waals surface area contributed by atoms with Gasteiger partial charge in [-0.25, -0.2) is 4.99 Å². The number of hydrogen-bond donors (Lipinski definition) is 0. The average molecular weight is 186 g/mol. The molecule has 1 rings (SSSR count). The van der Waals surface area contributed by atoms with Gasteiger partial charge in [0.25, 0.3) is 0 Å². The first-order valence-corrected chi connectivity index (χ1v) is 4.48. The van der Waals surface area contributed by atoms with E-state index in [1.165, 1.54) is 0 Å². The summed E-state index contributed by atoms with van der Waals surface area (Å²) in [7, 11) is 1.73. The second-order valence-electron chi connectivity index (χ2n) is 2.84. The Balaban J connectivity index is 3.05. The summed E-state index contributed by atoms with van der Waals surface area (Å²) >= 11 is 0. The van der Waals surface area contributed by atoms with E-state index >= 15 is 0 Å². The lowest BCUT2D eigenvalue weighted by Gasteiger charge is -2.00. The molecule has 0 amide bonds. The molecule has 0 fully saturated rings. The fourth-order valence-electron chi connectivity index (χ4n) is 1.06. The number of rotatable bonds is 2. The van der Waals surface area contributed by atoms with E-state index < -0.39 is 0 Å². The zero-order valence-corrected chi connectivity index (χ0v) is 8.57. The number of hydrogen-bond acceptors (Lipinski definition) is 1. The summed E-state index contributed by atoms with van der Waals surface area (Å²) in [5.41, 5.74) is 1.92. The average Bonchev–Trinajstić information content (AvgIpc) is 2.26. The maximum absolute atomic E-state index is 4.33. The molecule has 2 heteroatoms. The largest absolute Gasteiger partial charge is 0.274 e. The van der Waals surface area contributed by atoms with Crippen molar-refractivity contribution >= 4 is 11.5 Å². The fourth-order valence-corrected chi connectivity index (χ4v) is 1.06. The highest BCUT2D eigenvalue weighted by molar-refractivity contribution is 6.13. The van der Waals surface area contributed by atoms with Gasteiger partial charge >= 0.3 is 0 Å². The first kappa shape index (κ1) is 10.4. The van der Waals surface area contributed by atoms with Crippen LogP contribution in [0.25, 0.3) is 0 Å². The molecular weight excluding hydrogens is 172 g/mol. The summed E-state index contributed by atoms with van der Waals surface area (Å²) in [6, 6.07) is 9.94. The van der Waals surface area contributed by atoms with Crippen molar-refractivity contribution < 1.29 is 0 Å². The summed E-state index contributed by atoms with van der Waals surface area (Å²) < 4.78 is 0. The Morgan fingerprint density at radius 2 is 1.93 bits per heavy atom. The zero-order valence-electron chi connectivity index (χ0n) is 8.57. The lowest BCUT2D eigenvalue weighted by atomic mass is 10.1. The number of amidine groups is 1. The molecule has 0 saturated carbocycles. The standard InChI is InChI=1S/C12H14N2/c1-4-12(14-10(2)13-3)11-8-6-5-7-9-11/h4-9H,1H2,2-3H3/b13-10-,14-12+. The molecule has 0 bridgehead atoms. The van der Waals surface area contributed by atoms with Crippen molar-refractivity contribution in [3.63, 3.8) is 0 Å². The second kappa shape index (κ2) is 5.12. The summed E-state index contributed by atoms with van der Waals surface area (Å²) in [6.07, 6.45) is 1.74. The number of benzene rings is 1. The van der Waals surface area contributed by atoms with Crippen LogP contribution in [-0.4, -0.2) is 18.6 Å². The predicted molar refractivity (Wildman–Crippen MR) is 62.2 cm³/mol. The topological polar surface area (TPSA) is 24.7 Å². The summed E-state index contributed by atoms with van der Waals surface area (Å²) in [4.78, 5) is 8.32. The second-order valence-corrected chi connectivity index (χ2v) is 2.84. The summed E-state index contributed by atoms with van der Waals surface area (Å²) in [6.45, 7) is 5.61. The van der Waals surface area contributed by atoms with Gasteiger partial charge in [-0.05, 0) is 13.0 Å². The van der Waals surface area contributed by atoms with Gasteiger partial charge in [0.15, 0.2) is 0 Å². The normalized spacial score (nSPS) is 12.7. The predicted octanol–water partition coefficient (Wildman–Crippen LogP) is 2.71. The van der Waals surface area contributed by atoms with Crippen LogP contribution in [0.15, 0.2) is 53.0 Å². The molecule has 0 spiro atoms. The molecule has 0 aliphatic rings. The van der Waals surface area contributed by atoms with E-state index in [1.54, 1.807) is 13.1 Å². The highest BCUT2D eigenvalue weighted by Gasteiger charge is 1.97. The van der Waals surface area contributed by atoms with Crippen LogP contribution in [0.4, 0.5) is 0 Å². The Labute approximate surface area is 84.7 Å². The first-order valence-electron chi connectivity index (χ1n) is 4.48. The lowest BCUT2D eigenvalue weighted by molar-refractivity contribution is 1.38. The third kappa shape index (κ3) is 2.66. The Bertz CT molecular complexity index is 361. The molecule has 0 radical (unpaired) electrons. The van der Waals surface area contributed by atoms with Crippen molar-refractivity contribution in [1.29, 1.82) is 0 Å². The quantitative estimate of drug-likeness (QED) is 0.501. The van der Waals surface area contributed by atoms with E-state index in [9.17, 15) is 0 Å². The molecule has 0 heterocycles. The van der Waals surface area contributed by atoms with Crippen LogP contribution in [0.1, 0.15) is 12.5 Å². The molecule has 14 heavy (non-hydrogen) atoms. The van der Waals surface area contributed by atoms with Gasteiger partial charge in [0.1, 0.15) is 5.84 Å². The first-order chi connectivity index (χ1) is 6.77. The maximum Gasteiger partial charge on any atom is 0.120 e. The van der Waals surface area contributed by atoms with E-state index in [4.69, 9.17) is 0 Å². The maximum atomic E-state index is 4.33. The number of allylic oxidation sites excluding steroid dienone is 1. The molecule has 1 aromatic carbocycles. The Morgan fingerprint density at radius 1 is 1.29 bits per heavy atom. The third-order valence-electron chi connectivity index (χ3n) is 1.87. The lowest BCUT2D eigenvalue weighted by Crippen LogP contribution is -1.99. The molecule has 0 saturated heterocycles. The van der Waals surface area contributed by atoms with Crippen molar-refractivity contribution in [2.24, 2.45) is 9.98 Å². The van der Waals surface area contributed by atoms with Gasteiger partial charge in [-0.15, -0.1) is 0 Å². The molecule has 2 nitrogen and oxygen atoms in total. The van der Waals surface area contributed by atoms with Crippen LogP contribution in [0.2, 0.25) is 0 Å². The molecule has 1 aromatic rings. The van der Waals surface area contributed by atoms with Crippen LogP contribution >= 0.6 is 0 Å². The molecule has 0 aliphatic carbocycles. The van der Waals surface area contributed by atoms with Gasteiger partial charge < -0.3 is 0 Å². The molecular formula is C12H14N2. The van der Waals surface area contributed by atoms with Gasteiger partial charge in [-0.3, -0.25) is 4.99 Å². The van der Waals surface area contributed by atoms with Crippen molar-refractivity contribution in [3.05, 3.63) is 48.6 Å². The van der Waals surface area contributed by atoms with Gasteiger partial charge in [-0.1, -0.05) is 36.9 Å². The van der Waals surface area contributed by atoms with Crippen LogP contribution in [-0.2, 0) is 0 Å². The molecule has 0 N–H and O–H groups in total. The Kier molecular flexibility index (Phi) is 3.80. The zero-order chi connectivity index (χ0) is 10.4. The van der Waals surface area contributed by atoms with Crippen LogP contribution < -0.4 is 0 Å². The van der Waals surface area contributed by atoms with Crippen molar-refractivity contribution in [2.45, 2.75) is 6.92 Å². The summed E-state index contributed by atoms with van der Waals surface area (Å²) in [5.74, 6) is 0.753. The Morgan fingerprint density at radius 3 is 2.43 bits per heavy atom. The van der Waals surface area contributed by atoms with E-state index in [2.05, 4.69) is 16.6 Å². The van der Waals surface area contributed by atoms with E-state index in [0.29, 0.717) is 0 Å². The highest BCUT2D eigenvalue weighted by atomic mass is 14.9. The summed E-state index contributed by atoms with van der Waals surface area (Å²) in [5, 5.41) is 0. The third-order valence-corrected chi connectivity index (χ3v) is 1.87. The minimum Gasteiger partial charge on any atom is -0.274 e. The van der Waals surface area contributed by atoms with Gasteiger partial charge in [0.05, 0.1) is 5.71 Å². The Hall–Kier alpha value is -1.70. The smallest absolute Gasteiger partial charge is 0.120 e. The number of nitrogens with zero attached hydrogens (tertiary/aromatic N) is 2. The van der Waals surface area contributed by atoms with E-state index in [0.717, 1.165) is 17.1 Å². The van der Waals surface area contributed by atoms with Gasteiger partial charge in [0.2, 0.25) is 0 Å². The minimum absolute atomic E-state index is 0.753. The molecule has 0 unspecified atom stereocenters. The molecule has 0 aliphatic heterocycles. The monoisotopic (exact) mass is 186 g/mol. The van der Waals surface area contributed by atoms with E-state index in [-0.39, 0.29) is 0 Å². The van der Waals surface area contributed by atoms with Gasteiger partial charge in [-0.2, -0.15) is 0 Å². The molecule has 0 aromatic heterocycles. The van der Waals surface area contributed by atoms with Crippen molar-refractivity contribution in [1.82, 2.24) is 0 Å². The molecule has 0 atom stereocenters. The molecule has 72 valence electrons. The van der Waals surface area contributed by atoms with Crippen LogP contribution in [0, 0.1) is 0 Å². The fraction of sp³-hybridized carbons (Fsp3) is 0.167. The van der Waals surface area contributed by atoms with Crippen molar-refractivity contribution in [3.8, 4) is 0 Å².